The number of carbonyl (C=O) groups is 2. The number of nitrogens with zero attached hydrogens (tertiary/aromatic N) is 1. The minimum absolute atomic E-state index is 0.0325. The number of amides is 1. The molecule has 1 N–H and O–H groups in total. The topological polar surface area (TPSA) is 66.8 Å². The highest BCUT2D eigenvalue weighted by atomic mass is 19.4. The number of alkyl halides is 3. The molecule has 2 atom stereocenters. The van der Waals surface area contributed by atoms with Gasteiger partial charge in [-0.1, -0.05) is 18.2 Å². The van der Waals surface area contributed by atoms with E-state index in [1.807, 2.05) is 0 Å². The summed E-state index contributed by atoms with van der Waals surface area (Å²) >= 11 is 0. The quantitative estimate of drug-likeness (QED) is 0.901. The highest BCUT2D eigenvalue weighted by molar-refractivity contribution is 5.82. The first-order chi connectivity index (χ1) is 11.7. The number of ether oxygens (including phenoxy) is 1. The molecular formula is C17H18F3NO4. The molecule has 0 bridgehead atoms. The smallest absolute Gasteiger partial charge is 0.416 e. The number of fused-ring (bicyclic) bond motifs is 1. The van der Waals surface area contributed by atoms with E-state index in [4.69, 9.17) is 4.74 Å². The lowest BCUT2D eigenvalue weighted by atomic mass is 9.76. The molecule has 0 unspecified atom stereocenters. The number of carbonyl (C=O) groups excluding carboxylic acids is 1. The molecule has 8 heteroatoms. The predicted molar refractivity (Wildman–Crippen MR) is 80.7 cm³/mol. The Balaban J connectivity index is 1.73. The highest BCUT2D eigenvalue weighted by Crippen LogP contribution is 2.41. The molecule has 0 spiro atoms. The van der Waals surface area contributed by atoms with E-state index in [2.05, 4.69) is 0 Å². The number of carboxylic acids is 1. The first kappa shape index (κ1) is 17.7. The molecule has 1 aromatic carbocycles. The lowest BCUT2D eigenvalue weighted by molar-refractivity contribution is -0.160. The second-order valence-electron chi connectivity index (χ2n) is 6.65. The Morgan fingerprint density at radius 1 is 1.36 bits per heavy atom. The Hall–Kier alpha value is -2.09. The SMILES string of the molecule is O=C(Cc1cccc(C(F)(F)F)c1)N1C[C@@H]2CCOC[C@]2(C(=O)O)C1. The van der Waals surface area contributed by atoms with Gasteiger partial charge in [-0.2, -0.15) is 13.2 Å². The van der Waals surface area contributed by atoms with Crippen LogP contribution < -0.4 is 0 Å². The number of aliphatic carboxylic acids is 1. The number of benzene rings is 1. The number of halogens is 3. The third-order valence-corrected chi connectivity index (χ3v) is 5.05. The average Bonchev–Trinajstić information content (AvgIpc) is 2.95. The van der Waals surface area contributed by atoms with Gasteiger partial charge in [0.25, 0.3) is 0 Å². The average molecular weight is 357 g/mol. The van der Waals surface area contributed by atoms with Gasteiger partial charge in [0.2, 0.25) is 5.91 Å². The van der Waals surface area contributed by atoms with Gasteiger partial charge in [0, 0.05) is 19.7 Å². The summed E-state index contributed by atoms with van der Waals surface area (Å²) in [5, 5.41) is 9.57. The van der Waals surface area contributed by atoms with Crippen molar-refractivity contribution in [2.45, 2.75) is 19.0 Å². The maximum absolute atomic E-state index is 12.8. The van der Waals surface area contributed by atoms with Crippen LogP contribution in [-0.4, -0.2) is 48.2 Å². The maximum atomic E-state index is 12.8. The van der Waals surface area contributed by atoms with Crippen LogP contribution in [0.3, 0.4) is 0 Å². The summed E-state index contributed by atoms with van der Waals surface area (Å²) in [6.07, 6.45) is -4.10. The van der Waals surface area contributed by atoms with Crippen LogP contribution in [0.1, 0.15) is 17.5 Å². The Labute approximate surface area is 142 Å². The van der Waals surface area contributed by atoms with Crippen molar-refractivity contribution >= 4 is 11.9 Å². The van der Waals surface area contributed by atoms with E-state index in [9.17, 15) is 27.9 Å². The van der Waals surface area contributed by atoms with Crippen molar-refractivity contribution in [3.63, 3.8) is 0 Å². The molecule has 136 valence electrons. The van der Waals surface area contributed by atoms with Crippen molar-refractivity contribution in [1.82, 2.24) is 4.90 Å². The molecule has 2 fully saturated rings. The molecule has 2 aliphatic rings. The molecule has 0 radical (unpaired) electrons. The molecule has 1 amide bonds. The monoisotopic (exact) mass is 357 g/mol. The Bertz CT molecular complexity index is 691. The van der Waals surface area contributed by atoms with Gasteiger partial charge in [-0.3, -0.25) is 9.59 Å². The van der Waals surface area contributed by atoms with Crippen LogP contribution >= 0.6 is 0 Å². The molecule has 2 aliphatic heterocycles. The minimum Gasteiger partial charge on any atom is -0.481 e. The van der Waals surface area contributed by atoms with E-state index >= 15 is 0 Å². The Morgan fingerprint density at radius 2 is 2.12 bits per heavy atom. The van der Waals surface area contributed by atoms with Gasteiger partial charge in [-0.15, -0.1) is 0 Å². The summed E-state index contributed by atoms with van der Waals surface area (Å²) in [6.45, 7) is 0.841. The van der Waals surface area contributed by atoms with Gasteiger partial charge in [-0.25, -0.2) is 0 Å². The van der Waals surface area contributed by atoms with Crippen molar-refractivity contribution in [2.75, 3.05) is 26.3 Å². The predicted octanol–water partition coefficient (Wildman–Crippen LogP) is 2.20. The second-order valence-corrected chi connectivity index (χ2v) is 6.65. The molecular weight excluding hydrogens is 339 g/mol. The van der Waals surface area contributed by atoms with Crippen molar-refractivity contribution in [3.8, 4) is 0 Å². The van der Waals surface area contributed by atoms with Crippen LogP contribution in [0.4, 0.5) is 13.2 Å². The normalized spacial score (nSPS) is 26.4. The summed E-state index contributed by atoms with van der Waals surface area (Å²) in [4.78, 5) is 25.6. The zero-order valence-electron chi connectivity index (χ0n) is 13.4. The lowest BCUT2D eigenvalue weighted by Crippen LogP contribution is -2.46. The number of likely N-dealkylation sites (tertiary alicyclic amines) is 1. The lowest BCUT2D eigenvalue weighted by Gasteiger charge is -2.33. The molecule has 2 heterocycles. The molecule has 3 rings (SSSR count). The fraction of sp³-hybridized carbons (Fsp3) is 0.529. The van der Waals surface area contributed by atoms with Gasteiger partial charge in [0.15, 0.2) is 0 Å². The molecule has 2 saturated heterocycles. The van der Waals surface area contributed by atoms with E-state index in [1.54, 1.807) is 0 Å². The number of hydrogen-bond acceptors (Lipinski definition) is 3. The molecule has 1 aromatic rings. The minimum atomic E-state index is -4.47. The second kappa shape index (κ2) is 6.33. The van der Waals surface area contributed by atoms with Crippen molar-refractivity contribution in [1.29, 1.82) is 0 Å². The summed E-state index contributed by atoms with van der Waals surface area (Å²) in [5.74, 6) is -1.55. The van der Waals surface area contributed by atoms with Gasteiger partial charge < -0.3 is 14.7 Å². The largest absolute Gasteiger partial charge is 0.481 e. The molecule has 0 saturated carbocycles. The number of hydrogen-bond donors (Lipinski definition) is 1. The fourth-order valence-electron chi connectivity index (χ4n) is 3.62. The highest BCUT2D eigenvalue weighted by Gasteiger charge is 2.55. The summed E-state index contributed by atoms with van der Waals surface area (Å²) in [6, 6.07) is 4.64. The van der Waals surface area contributed by atoms with Crippen LogP contribution in [0.25, 0.3) is 0 Å². The van der Waals surface area contributed by atoms with Crippen LogP contribution in [0, 0.1) is 11.3 Å². The Morgan fingerprint density at radius 3 is 2.76 bits per heavy atom. The van der Waals surface area contributed by atoms with E-state index in [-0.39, 0.29) is 37.0 Å². The van der Waals surface area contributed by atoms with Crippen molar-refractivity contribution in [2.24, 2.45) is 11.3 Å². The van der Waals surface area contributed by atoms with Crippen molar-refractivity contribution in [3.05, 3.63) is 35.4 Å². The fourth-order valence-corrected chi connectivity index (χ4v) is 3.62. The van der Waals surface area contributed by atoms with Crippen LogP contribution in [0.5, 0.6) is 0 Å². The van der Waals surface area contributed by atoms with Crippen molar-refractivity contribution < 1.29 is 32.6 Å². The first-order valence-corrected chi connectivity index (χ1v) is 7.97. The van der Waals surface area contributed by atoms with Crippen LogP contribution in [0.2, 0.25) is 0 Å². The summed E-state index contributed by atoms with van der Waals surface area (Å²) < 4.78 is 43.6. The summed E-state index contributed by atoms with van der Waals surface area (Å²) in [7, 11) is 0. The van der Waals surface area contributed by atoms with E-state index < -0.39 is 23.1 Å². The third kappa shape index (κ3) is 3.35. The first-order valence-electron chi connectivity index (χ1n) is 7.97. The van der Waals surface area contributed by atoms with E-state index in [0.717, 1.165) is 12.1 Å². The van der Waals surface area contributed by atoms with E-state index in [0.29, 0.717) is 19.6 Å². The third-order valence-electron chi connectivity index (χ3n) is 5.05. The zero-order chi connectivity index (χ0) is 18.2. The summed E-state index contributed by atoms with van der Waals surface area (Å²) in [5.41, 5.74) is -1.65. The maximum Gasteiger partial charge on any atom is 0.416 e. The van der Waals surface area contributed by atoms with Gasteiger partial charge in [0.1, 0.15) is 5.41 Å². The molecule has 0 aliphatic carbocycles. The van der Waals surface area contributed by atoms with Gasteiger partial charge in [0.05, 0.1) is 18.6 Å². The van der Waals surface area contributed by atoms with Crippen LogP contribution in [-0.2, 0) is 26.9 Å². The standard InChI is InChI=1S/C17H18F3NO4/c18-17(19,20)12-3-1-2-11(6-12)7-14(22)21-8-13-4-5-25-10-16(13,9-21)15(23)24/h1-3,6,13H,4-5,7-10H2,(H,23,24)/t13-,16+/m0/s1. The van der Waals surface area contributed by atoms with E-state index in [1.165, 1.54) is 17.0 Å². The number of rotatable bonds is 3. The van der Waals surface area contributed by atoms with Crippen LogP contribution in [0.15, 0.2) is 24.3 Å². The Kier molecular flexibility index (Phi) is 4.49. The van der Waals surface area contributed by atoms with Gasteiger partial charge >= 0.3 is 12.1 Å². The molecule has 0 aromatic heterocycles. The molecule has 25 heavy (non-hydrogen) atoms. The number of carboxylic acid groups (broad SMARTS) is 1. The molecule has 5 nitrogen and oxygen atoms in total. The van der Waals surface area contributed by atoms with Gasteiger partial charge in [-0.05, 0) is 24.0 Å². The zero-order valence-corrected chi connectivity index (χ0v) is 13.4.